The highest BCUT2D eigenvalue weighted by atomic mass is 16.5. The standard InChI is InChI=1S/C23H24N2O/c1-15-4-7-17(8-5-15)21-23(26-3)22(25-14-24-21)20-11-10-18-12-16(2)6-9-19(18)13-20/h4-5,7-8,10-11,13-14,16H,6,9,12H2,1-3H3. The molecule has 0 saturated carbocycles. The molecular weight excluding hydrogens is 320 g/mol. The summed E-state index contributed by atoms with van der Waals surface area (Å²) >= 11 is 0. The van der Waals surface area contributed by atoms with Crippen molar-refractivity contribution < 1.29 is 4.74 Å². The summed E-state index contributed by atoms with van der Waals surface area (Å²) in [5.74, 6) is 1.51. The molecular formula is C23H24N2O. The van der Waals surface area contributed by atoms with Gasteiger partial charge >= 0.3 is 0 Å². The summed E-state index contributed by atoms with van der Waals surface area (Å²) in [7, 11) is 1.69. The average Bonchev–Trinajstić information content (AvgIpc) is 2.67. The SMILES string of the molecule is COc1c(-c2ccc(C)cc2)ncnc1-c1ccc2c(c1)CCC(C)C2. The normalized spacial score (nSPS) is 16.2. The quantitative estimate of drug-likeness (QED) is 0.651. The number of fused-ring (bicyclic) bond motifs is 1. The van der Waals surface area contributed by atoms with E-state index < -0.39 is 0 Å². The first-order valence-electron chi connectivity index (χ1n) is 9.24. The van der Waals surface area contributed by atoms with Crippen LogP contribution in [-0.2, 0) is 12.8 Å². The van der Waals surface area contributed by atoms with Crippen molar-refractivity contribution in [1.29, 1.82) is 0 Å². The molecule has 1 aromatic heterocycles. The molecule has 3 aromatic rings. The van der Waals surface area contributed by atoms with Gasteiger partial charge in [0.15, 0.2) is 5.75 Å². The molecule has 1 heterocycles. The first-order valence-corrected chi connectivity index (χ1v) is 9.24. The number of hydrogen-bond acceptors (Lipinski definition) is 3. The number of hydrogen-bond donors (Lipinski definition) is 0. The Bertz CT molecular complexity index is 931. The summed E-state index contributed by atoms with van der Waals surface area (Å²) < 4.78 is 5.75. The van der Waals surface area contributed by atoms with Gasteiger partial charge in [-0.05, 0) is 49.3 Å². The first-order chi connectivity index (χ1) is 12.7. The third-order valence-corrected chi connectivity index (χ3v) is 5.29. The van der Waals surface area contributed by atoms with Crippen LogP contribution in [0.15, 0.2) is 48.8 Å². The zero-order valence-corrected chi connectivity index (χ0v) is 15.6. The van der Waals surface area contributed by atoms with E-state index in [2.05, 4.69) is 66.3 Å². The van der Waals surface area contributed by atoms with E-state index in [1.165, 1.54) is 29.5 Å². The zero-order chi connectivity index (χ0) is 18.1. The van der Waals surface area contributed by atoms with Gasteiger partial charge in [-0.3, -0.25) is 0 Å². The molecule has 0 N–H and O–H groups in total. The summed E-state index contributed by atoms with van der Waals surface area (Å²) in [6.45, 7) is 4.42. The van der Waals surface area contributed by atoms with Crippen LogP contribution in [0.3, 0.4) is 0 Å². The van der Waals surface area contributed by atoms with Crippen LogP contribution in [0.5, 0.6) is 5.75 Å². The Morgan fingerprint density at radius 3 is 2.35 bits per heavy atom. The van der Waals surface area contributed by atoms with E-state index >= 15 is 0 Å². The third kappa shape index (κ3) is 3.10. The first kappa shape index (κ1) is 16.8. The van der Waals surface area contributed by atoms with Crippen LogP contribution < -0.4 is 4.74 Å². The van der Waals surface area contributed by atoms with E-state index in [0.717, 1.165) is 40.6 Å². The molecule has 2 aromatic carbocycles. The number of methoxy groups -OCH3 is 1. The van der Waals surface area contributed by atoms with E-state index in [0.29, 0.717) is 0 Å². The molecule has 26 heavy (non-hydrogen) atoms. The van der Waals surface area contributed by atoms with E-state index in [1.54, 1.807) is 13.4 Å². The largest absolute Gasteiger partial charge is 0.492 e. The summed E-state index contributed by atoms with van der Waals surface area (Å²) in [5.41, 5.74) is 7.99. The number of benzene rings is 2. The molecule has 0 saturated heterocycles. The van der Waals surface area contributed by atoms with Gasteiger partial charge in [0, 0.05) is 11.1 Å². The summed E-state index contributed by atoms with van der Waals surface area (Å²) in [5, 5.41) is 0. The van der Waals surface area contributed by atoms with Crippen molar-refractivity contribution in [2.75, 3.05) is 7.11 Å². The molecule has 1 atom stereocenters. The second-order valence-corrected chi connectivity index (χ2v) is 7.30. The van der Waals surface area contributed by atoms with Crippen molar-refractivity contribution in [2.24, 2.45) is 5.92 Å². The van der Waals surface area contributed by atoms with Gasteiger partial charge in [-0.2, -0.15) is 0 Å². The fraction of sp³-hybridized carbons (Fsp3) is 0.304. The maximum atomic E-state index is 5.75. The molecule has 3 heteroatoms. The molecule has 3 nitrogen and oxygen atoms in total. The third-order valence-electron chi connectivity index (χ3n) is 5.29. The van der Waals surface area contributed by atoms with Crippen LogP contribution >= 0.6 is 0 Å². The number of aryl methyl sites for hydroxylation is 2. The minimum atomic E-state index is 0.737. The van der Waals surface area contributed by atoms with Crippen LogP contribution in [0, 0.1) is 12.8 Å². The molecule has 1 aliphatic rings. The van der Waals surface area contributed by atoms with Crippen LogP contribution in [0.1, 0.15) is 30.0 Å². The molecule has 4 rings (SSSR count). The van der Waals surface area contributed by atoms with Crippen molar-refractivity contribution >= 4 is 0 Å². The highest BCUT2D eigenvalue weighted by molar-refractivity contribution is 5.77. The van der Waals surface area contributed by atoms with Gasteiger partial charge in [0.1, 0.15) is 17.7 Å². The second kappa shape index (κ2) is 6.91. The molecule has 1 aliphatic carbocycles. The Kier molecular flexibility index (Phi) is 4.46. The van der Waals surface area contributed by atoms with E-state index in [1.807, 2.05) is 0 Å². The zero-order valence-electron chi connectivity index (χ0n) is 15.6. The van der Waals surface area contributed by atoms with E-state index in [-0.39, 0.29) is 0 Å². The van der Waals surface area contributed by atoms with Crippen LogP contribution in [0.25, 0.3) is 22.5 Å². The highest BCUT2D eigenvalue weighted by Gasteiger charge is 2.19. The summed E-state index contributed by atoms with van der Waals surface area (Å²) in [6.07, 6.45) is 5.20. The fourth-order valence-corrected chi connectivity index (χ4v) is 3.77. The Hall–Kier alpha value is -2.68. The van der Waals surface area contributed by atoms with Crippen molar-refractivity contribution in [3.8, 4) is 28.3 Å². The Labute approximate surface area is 155 Å². The van der Waals surface area contributed by atoms with Crippen LogP contribution in [0.4, 0.5) is 0 Å². The van der Waals surface area contributed by atoms with E-state index in [9.17, 15) is 0 Å². The topological polar surface area (TPSA) is 35.0 Å². The second-order valence-electron chi connectivity index (χ2n) is 7.30. The van der Waals surface area contributed by atoms with Crippen molar-refractivity contribution in [1.82, 2.24) is 9.97 Å². The van der Waals surface area contributed by atoms with Crippen LogP contribution in [-0.4, -0.2) is 17.1 Å². The van der Waals surface area contributed by atoms with Gasteiger partial charge in [0.25, 0.3) is 0 Å². The molecule has 1 unspecified atom stereocenters. The summed E-state index contributed by atoms with van der Waals surface area (Å²) in [4.78, 5) is 9.05. The fourth-order valence-electron chi connectivity index (χ4n) is 3.77. The molecule has 0 amide bonds. The van der Waals surface area contributed by atoms with Gasteiger partial charge in [0.05, 0.1) is 7.11 Å². The Morgan fingerprint density at radius 1 is 0.923 bits per heavy atom. The number of aromatic nitrogens is 2. The molecule has 0 bridgehead atoms. The minimum Gasteiger partial charge on any atom is -0.492 e. The van der Waals surface area contributed by atoms with Crippen molar-refractivity contribution in [3.05, 3.63) is 65.5 Å². The van der Waals surface area contributed by atoms with Gasteiger partial charge in [-0.25, -0.2) is 9.97 Å². The molecule has 0 radical (unpaired) electrons. The van der Waals surface area contributed by atoms with Gasteiger partial charge in [0.2, 0.25) is 0 Å². The average molecular weight is 344 g/mol. The maximum absolute atomic E-state index is 5.75. The maximum Gasteiger partial charge on any atom is 0.171 e. The van der Waals surface area contributed by atoms with Gasteiger partial charge in [-0.15, -0.1) is 0 Å². The van der Waals surface area contributed by atoms with E-state index in [4.69, 9.17) is 4.74 Å². The van der Waals surface area contributed by atoms with Crippen molar-refractivity contribution in [2.45, 2.75) is 33.1 Å². The number of rotatable bonds is 3. The Morgan fingerprint density at radius 2 is 1.62 bits per heavy atom. The van der Waals surface area contributed by atoms with Crippen LogP contribution in [0.2, 0.25) is 0 Å². The smallest absolute Gasteiger partial charge is 0.171 e. The monoisotopic (exact) mass is 344 g/mol. The number of nitrogens with zero attached hydrogens (tertiary/aromatic N) is 2. The van der Waals surface area contributed by atoms with Gasteiger partial charge < -0.3 is 4.74 Å². The molecule has 0 aliphatic heterocycles. The lowest BCUT2D eigenvalue weighted by Gasteiger charge is -2.22. The predicted molar refractivity (Wildman–Crippen MR) is 105 cm³/mol. The van der Waals surface area contributed by atoms with Crippen molar-refractivity contribution in [3.63, 3.8) is 0 Å². The lowest BCUT2D eigenvalue weighted by Crippen LogP contribution is -2.11. The lowest BCUT2D eigenvalue weighted by atomic mass is 9.84. The summed E-state index contributed by atoms with van der Waals surface area (Å²) in [6, 6.07) is 15.1. The van der Waals surface area contributed by atoms with Gasteiger partial charge in [-0.1, -0.05) is 48.9 Å². The highest BCUT2D eigenvalue weighted by Crippen LogP contribution is 2.37. The predicted octanol–water partition coefficient (Wildman–Crippen LogP) is 5.25. The lowest BCUT2D eigenvalue weighted by molar-refractivity contribution is 0.414. The molecule has 0 fully saturated rings. The minimum absolute atomic E-state index is 0.737. The molecule has 132 valence electrons. The molecule has 0 spiro atoms. The number of ether oxygens (including phenoxy) is 1. The Balaban J connectivity index is 1.80.